The van der Waals surface area contributed by atoms with E-state index in [0.29, 0.717) is 5.71 Å². The SMILES string of the molecule is CCOC(=O)CC(C)=Nc1cccc(C(F)(F)F)c1. The number of hydrogen-bond donors (Lipinski definition) is 0. The Hall–Kier alpha value is -1.85. The highest BCUT2D eigenvalue weighted by Gasteiger charge is 2.30. The molecule has 0 aliphatic heterocycles. The number of hydrogen-bond acceptors (Lipinski definition) is 3. The molecule has 0 fully saturated rings. The third-order valence-corrected chi connectivity index (χ3v) is 2.20. The summed E-state index contributed by atoms with van der Waals surface area (Å²) in [7, 11) is 0. The minimum absolute atomic E-state index is 0.0376. The molecule has 0 aliphatic rings. The lowest BCUT2D eigenvalue weighted by atomic mass is 10.2. The molecular weight excluding hydrogens is 259 g/mol. The van der Waals surface area contributed by atoms with E-state index >= 15 is 0 Å². The number of halogens is 3. The Morgan fingerprint density at radius 2 is 2.05 bits per heavy atom. The summed E-state index contributed by atoms with van der Waals surface area (Å²) >= 11 is 0. The van der Waals surface area contributed by atoms with Gasteiger partial charge in [-0.2, -0.15) is 13.2 Å². The maximum atomic E-state index is 12.5. The molecule has 0 atom stereocenters. The van der Waals surface area contributed by atoms with E-state index in [4.69, 9.17) is 4.74 Å². The standard InChI is InChI=1S/C13H14F3NO2/c1-3-19-12(18)7-9(2)17-11-6-4-5-10(8-11)13(14,15)16/h4-6,8H,3,7H2,1-2H3. The second-order valence-electron chi connectivity index (χ2n) is 3.88. The second kappa shape index (κ2) is 6.36. The van der Waals surface area contributed by atoms with E-state index in [-0.39, 0.29) is 18.7 Å². The van der Waals surface area contributed by atoms with Gasteiger partial charge in [0.15, 0.2) is 0 Å². The van der Waals surface area contributed by atoms with E-state index in [0.717, 1.165) is 12.1 Å². The number of benzene rings is 1. The van der Waals surface area contributed by atoms with Gasteiger partial charge in [0, 0.05) is 5.71 Å². The van der Waals surface area contributed by atoms with Crippen LogP contribution >= 0.6 is 0 Å². The van der Waals surface area contributed by atoms with E-state index in [1.165, 1.54) is 12.1 Å². The van der Waals surface area contributed by atoms with Crippen molar-refractivity contribution in [3.05, 3.63) is 29.8 Å². The highest BCUT2D eigenvalue weighted by Crippen LogP contribution is 2.31. The van der Waals surface area contributed by atoms with E-state index < -0.39 is 17.7 Å². The number of ether oxygens (including phenoxy) is 1. The van der Waals surface area contributed by atoms with Crippen molar-refractivity contribution in [2.24, 2.45) is 4.99 Å². The molecule has 0 saturated heterocycles. The van der Waals surface area contributed by atoms with Crippen LogP contribution in [0.3, 0.4) is 0 Å². The molecule has 0 aliphatic carbocycles. The first-order valence-electron chi connectivity index (χ1n) is 5.70. The van der Waals surface area contributed by atoms with Crippen LogP contribution in [0.4, 0.5) is 18.9 Å². The molecule has 0 heterocycles. The van der Waals surface area contributed by atoms with Gasteiger partial charge in [-0.1, -0.05) is 6.07 Å². The summed E-state index contributed by atoms with van der Waals surface area (Å²) in [5.74, 6) is -0.448. The average Bonchev–Trinajstić information content (AvgIpc) is 2.28. The molecule has 0 bridgehead atoms. The maximum Gasteiger partial charge on any atom is 0.416 e. The van der Waals surface area contributed by atoms with Crippen molar-refractivity contribution < 1.29 is 22.7 Å². The Bertz CT molecular complexity index is 481. The van der Waals surface area contributed by atoms with Crippen molar-refractivity contribution in [2.75, 3.05) is 6.61 Å². The van der Waals surface area contributed by atoms with Gasteiger partial charge in [0.05, 0.1) is 24.3 Å². The van der Waals surface area contributed by atoms with Crippen molar-refractivity contribution in [2.45, 2.75) is 26.4 Å². The van der Waals surface area contributed by atoms with Gasteiger partial charge in [0.2, 0.25) is 0 Å². The summed E-state index contributed by atoms with van der Waals surface area (Å²) in [4.78, 5) is 15.2. The normalized spacial score (nSPS) is 12.4. The number of carbonyl (C=O) groups is 1. The molecule has 0 saturated carbocycles. The van der Waals surface area contributed by atoms with Crippen molar-refractivity contribution in [1.29, 1.82) is 0 Å². The van der Waals surface area contributed by atoms with Crippen molar-refractivity contribution in [3.63, 3.8) is 0 Å². The van der Waals surface area contributed by atoms with Gasteiger partial charge in [0.25, 0.3) is 0 Å². The van der Waals surface area contributed by atoms with Crippen LogP contribution < -0.4 is 0 Å². The van der Waals surface area contributed by atoms with Gasteiger partial charge in [-0.25, -0.2) is 0 Å². The predicted molar refractivity (Wildman–Crippen MR) is 65.5 cm³/mol. The van der Waals surface area contributed by atoms with Crippen LogP contribution in [0.1, 0.15) is 25.8 Å². The van der Waals surface area contributed by atoms with Gasteiger partial charge < -0.3 is 4.74 Å². The molecule has 1 aromatic rings. The third kappa shape index (κ3) is 5.11. The molecule has 1 aromatic carbocycles. The van der Waals surface area contributed by atoms with E-state index in [9.17, 15) is 18.0 Å². The number of rotatable bonds is 4. The smallest absolute Gasteiger partial charge is 0.416 e. The summed E-state index contributed by atoms with van der Waals surface area (Å²) in [5.41, 5.74) is -0.202. The number of nitrogens with zero attached hydrogens (tertiary/aromatic N) is 1. The minimum Gasteiger partial charge on any atom is -0.466 e. The van der Waals surface area contributed by atoms with E-state index in [1.807, 2.05) is 0 Å². The topological polar surface area (TPSA) is 38.7 Å². The fourth-order valence-electron chi connectivity index (χ4n) is 1.43. The molecule has 1 rings (SSSR count). The van der Waals surface area contributed by atoms with E-state index in [2.05, 4.69) is 4.99 Å². The van der Waals surface area contributed by atoms with Crippen LogP contribution in [0.15, 0.2) is 29.3 Å². The molecular formula is C13H14F3NO2. The number of aliphatic imine (C=N–C) groups is 1. The first-order chi connectivity index (χ1) is 8.82. The second-order valence-corrected chi connectivity index (χ2v) is 3.88. The Kier molecular flexibility index (Phi) is 5.09. The average molecular weight is 273 g/mol. The summed E-state index contributed by atoms with van der Waals surface area (Å²) in [6.07, 6.45) is -4.44. The summed E-state index contributed by atoms with van der Waals surface area (Å²) in [5, 5.41) is 0. The van der Waals surface area contributed by atoms with Crippen molar-refractivity contribution in [3.8, 4) is 0 Å². The lowest BCUT2D eigenvalue weighted by Crippen LogP contribution is -2.08. The van der Waals surface area contributed by atoms with Crippen LogP contribution in [-0.4, -0.2) is 18.3 Å². The Labute approximate surface area is 109 Å². The lowest BCUT2D eigenvalue weighted by Gasteiger charge is -2.07. The number of esters is 1. The molecule has 19 heavy (non-hydrogen) atoms. The van der Waals surface area contributed by atoms with Crippen LogP contribution in [-0.2, 0) is 15.7 Å². The molecule has 0 unspecified atom stereocenters. The predicted octanol–water partition coefficient (Wildman–Crippen LogP) is 3.75. The fourth-order valence-corrected chi connectivity index (χ4v) is 1.43. The quantitative estimate of drug-likeness (QED) is 0.619. The molecule has 0 aromatic heterocycles. The van der Waals surface area contributed by atoms with Gasteiger partial charge in [-0.05, 0) is 32.0 Å². The summed E-state index contributed by atoms with van der Waals surface area (Å²) < 4.78 is 42.2. The van der Waals surface area contributed by atoms with Crippen LogP contribution in [0.2, 0.25) is 0 Å². The Balaban J connectivity index is 2.84. The first-order valence-corrected chi connectivity index (χ1v) is 5.70. The van der Waals surface area contributed by atoms with Crippen LogP contribution in [0.5, 0.6) is 0 Å². The molecule has 0 N–H and O–H groups in total. The zero-order valence-electron chi connectivity index (χ0n) is 10.6. The van der Waals surface area contributed by atoms with Crippen molar-refractivity contribution in [1.82, 2.24) is 0 Å². The van der Waals surface area contributed by atoms with Gasteiger partial charge in [0.1, 0.15) is 0 Å². The zero-order valence-corrected chi connectivity index (χ0v) is 10.6. The van der Waals surface area contributed by atoms with Gasteiger partial charge in [-0.15, -0.1) is 0 Å². The first kappa shape index (κ1) is 15.2. The number of alkyl halides is 3. The highest BCUT2D eigenvalue weighted by atomic mass is 19.4. The van der Waals surface area contributed by atoms with Crippen molar-refractivity contribution >= 4 is 17.4 Å². The molecule has 0 amide bonds. The molecule has 0 spiro atoms. The molecule has 0 radical (unpaired) electrons. The van der Waals surface area contributed by atoms with Gasteiger partial charge >= 0.3 is 12.1 Å². The lowest BCUT2D eigenvalue weighted by molar-refractivity contribution is -0.141. The van der Waals surface area contributed by atoms with E-state index in [1.54, 1.807) is 13.8 Å². The van der Waals surface area contributed by atoms with Crippen LogP contribution in [0.25, 0.3) is 0 Å². The molecule has 6 heteroatoms. The zero-order chi connectivity index (χ0) is 14.5. The van der Waals surface area contributed by atoms with Crippen LogP contribution in [0, 0.1) is 0 Å². The third-order valence-electron chi connectivity index (χ3n) is 2.20. The largest absolute Gasteiger partial charge is 0.466 e. The Morgan fingerprint density at radius 3 is 2.63 bits per heavy atom. The molecule has 3 nitrogen and oxygen atoms in total. The Morgan fingerprint density at radius 1 is 1.37 bits per heavy atom. The summed E-state index contributed by atoms with van der Waals surface area (Å²) in [6.45, 7) is 3.50. The maximum absolute atomic E-state index is 12.5. The van der Waals surface area contributed by atoms with Gasteiger partial charge in [-0.3, -0.25) is 9.79 Å². The minimum atomic E-state index is -4.40. The molecule has 104 valence electrons. The summed E-state index contributed by atoms with van der Waals surface area (Å²) in [6, 6.07) is 4.64. The monoisotopic (exact) mass is 273 g/mol. The highest BCUT2D eigenvalue weighted by molar-refractivity contribution is 5.98. The number of carbonyl (C=O) groups excluding carboxylic acids is 1. The fraction of sp³-hybridized carbons (Fsp3) is 0.385.